The number of nitrogens with one attached hydrogen (secondary N) is 1. The lowest BCUT2D eigenvalue weighted by molar-refractivity contribution is 0.137. The molecule has 0 spiro atoms. The summed E-state index contributed by atoms with van der Waals surface area (Å²) in [5.74, 6) is 2.96. The van der Waals surface area contributed by atoms with Crippen LogP contribution in [0.2, 0.25) is 5.02 Å². The maximum absolute atomic E-state index is 6.21. The van der Waals surface area contributed by atoms with Crippen molar-refractivity contribution in [2.24, 2.45) is 0 Å². The maximum Gasteiger partial charge on any atom is 0.233 e. The van der Waals surface area contributed by atoms with E-state index >= 15 is 0 Å². The number of aromatic nitrogens is 5. The summed E-state index contributed by atoms with van der Waals surface area (Å²) in [6.45, 7) is 1.47. The molecule has 2 aromatic heterocycles. The lowest BCUT2D eigenvalue weighted by Gasteiger charge is -2.28. The van der Waals surface area contributed by atoms with E-state index in [2.05, 4.69) is 36.3 Å². The largest absolute Gasteiger partial charge is 0.473 e. The van der Waals surface area contributed by atoms with Gasteiger partial charge in [0.25, 0.3) is 0 Å². The van der Waals surface area contributed by atoms with Crippen LogP contribution in [0.5, 0.6) is 5.88 Å². The molecule has 2 aliphatic rings. The van der Waals surface area contributed by atoms with Crippen LogP contribution in [0, 0.1) is 0 Å². The summed E-state index contributed by atoms with van der Waals surface area (Å²) in [4.78, 5) is 0. The fourth-order valence-corrected chi connectivity index (χ4v) is 4.35. The van der Waals surface area contributed by atoms with E-state index in [4.69, 9.17) is 16.3 Å². The Morgan fingerprint density at radius 1 is 1.03 bits per heavy atom. The predicted molar refractivity (Wildman–Crippen MR) is 112 cm³/mol. The summed E-state index contributed by atoms with van der Waals surface area (Å²) in [5, 5.41) is 21.1. The van der Waals surface area contributed by atoms with Crippen molar-refractivity contribution >= 4 is 24.0 Å². The van der Waals surface area contributed by atoms with Crippen molar-refractivity contribution in [3.8, 4) is 11.6 Å². The molecule has 0 radical (unpaired) electrons. The molecule has 1 aliphatic carbocycles. The highest BCUT2D eigenvalue weighted by atomic mass is 35.5. The second-order valence-electron chi connectivity index (χ2n) is 7.34. The first-order valence-corrected chi connectivity index (χ1v) is 10.0. The average Bonchev–Trinajstić information content (AvgIpc) is 3.05. The topological polar surface area (TPSA) is 77.8 Å². The summed E-state index contributed by atoms with van der Waals surface area (Å²) in [5.41, 5.74) is 2.30. The lowest BCUT2D eigenvalue weighted by Crippen LogP contribution is -2.25. The number of nitrogens with zero attached hydrogens (tertiary/aromatic N) is 5. The van der Waals surface area contributed by atoms with Crippen molar-refractivity contribution in [1.82, 2.24) is 30.3 Å². The van der Waals surface area contributed by atoms with Crippen LogP contribution in [0.1, 0.15) is 48.8 Å². The minimum absolute atomic E-state index is 0. The fraction of sp³-hybridized carbons (Fsp3) is 0.400. The zero-order chi connectivity index (χ0) is 18.9. The lowest BCUT2D eigenvalue weighted by atomic mass is 9.86. The molecule has 1 fully saturated rings. The summed E-state index contributed by atoms with van der Waals surface area (Å²) >= 11 is 6.21. The van der Waals surface area contributed by atoms with Crippen molar-refractivity contribution in [3.05, 3.63) is 58.8 Å². The van der Waals surface area contributed by atoms with E-state index in [0.717, 1.165) is 54.6 Å². The molecule has 1 aromatic carbocycles. The van der Waals surface area contributed by atoms with Crippen molar-refractivity contribution < 1.29 is 4.74 Å². The van der Waals surface area contributed by atoms with E-state index in [1.165, 1.54) is 5.56 Å². The highest BCUT2D eigenvalue weighted by molar-refractivity contribution is 6.30. The third kappa shape index (κ3) is 4.08. The standard InChI is InChI=1S/C20H21ClN6O.ClH/c21-15-5-8-17-14(10-15)11-22-12-18-24-26-20(27(17)18)13-3-6-16(7-4-13)28-19-2-1-9-23-25-19;/h1-2,5,8-10,13,16,22H,3-4,6-7,11-12H2;1H/t13-,16+;. The third-order valence-corrected chi connectivity index (χ3v) is 5.75. The van der Waals surface area contributed by atoms with Crippen LogP contribution >= 0.6 is 24.0 Å². The van der Waals surface area contributed by atoms with E-state index in [-0.39, 0.29) is 18.5 Å². The molecule has 0 atom stereocenters. The Labute approximate surface area is 180 Å². The Hall–Kier alpha value is -2.22. The van der Waals surface area contributed by atoms with Gasteiger partial charge in [0.2, 0.25) is 5.88 Å². The molecule has 0 amide bonds. The average molecular weight is 433 g/mol. The quantitative estimate of drug-likeness (QED) is 0.677. The summed E-state index contributed by atoms with van der Waals surface area (Å²) in [6, 6.07) is 9.73. The molecule has 9 heteroatoms. The van der Waals surface area contributed by atoms with E-state index < -0.39 is 0 Å². The number of hydrogen-bond acceptors (Lipinski definition) is 6. The molecule has 5 rings (SSSR count). The van der Waals surface area contributed by atoms with Crippen molar-refractivity contribution in [3.63, 3.8) is 0 Å². The molecule has 1 saturated carbocycles. The Morgan fingerprint density at radius 2 is 1.90 bits per heavy atom. The first-order valence-electron chi connectivity index (χ1n) is 9.66. The molecule has 29 heavy (non-hydrogen) atoms. The highest BCUT2D eigenvalue weighted by Crippen LogP contribution is 2.36. The van der Waals surface area contributed by atoms with Crippen LogP contribution < -0.4 is 10.1 Å². The summed E-state index contributed by atoms with van der Waals surface area (Å²) in [7, 11) is 0. The third-order valence-electron chi connectivity index (χ3n) is 5.51. The van der Waals surface area contributed by atoms with Gasteiger partial charge in [-0.05, 0) is 55.5 Å². The van der Waals surface area contributed by atoms with Gasteiger partial charge >= 0.3 is 0 Å². The van der Waals surface area contributed by atoms with Crippen LogP contribution in [-0.2, 0) is 13.1 Å². The van der Waals surface area contributed by atoms with Gasteiger partial charge in [-0.1, -0.05) is 11.6 Å². The van der Waals surface area contributed by atoms with Gasteiger partial charge in [-0.15, -0.1) is 27.7 Å². The SMILES string of the molecule is Cl.Clc1ccc2c(c1)CNCc1nnc([C@H]3CC[C@@H](Oc4cccnn4)CC3)n1-2. The molecule has 0 bridgehead atoms. The van der Waals surface area contributed by atoms with E-state index in [0.29, 0.717) is 18.3 Å². The molecule has 7 nitrogen and oxygen atoms in total. The van der Waals surface area contributed by atoms with Gasteiger partial charge in [0.1, 0.15) is 11.9 Å². The number of fused-ring (bicyclic) bond motifs is 3. The minimum atomic E-state index is 0. The molecular weight excluding hydrogens is 411 g/mol. The zero-order valence-corrected chi connectivity index (χ0v) is 17.4. The van der Waals surface area contributed by atoms with Crippen LogP contribution in [0.4, 0.5) is 0 Å². The number of ether oxygens (including phenoxy) is 1. The number of hydrogen-bond donors (Lipinski definition) is 1. The second kappa shape index (κ2) is 8.65. The van der Waals surface area contributed by atoms with Crippen molar-refractivity contribution in [1.29, 1.82) is 0 Å². The van der Waals surface area contributed by atoms with Gasteiger partial charge in [0, 0.05) is 29.7 Å². The van der Waals surface area contributed by atoms with Gasteiger partial charge < -0.3 is 10.1 Å². The summed E-state index contributed by atoms with van der Waals surface area (Å²) < 4.78 is 8.20. The molecule has 0 unspecified atom stereocenters. The molecule has 152 valence electrons. The Kier molecular flexibility index (Phi) is 5.99. The predicted octanol–water partition coefficient (Wildman–Crippen LogP) is 3.84. The minimum Gasteiger partial charge on any atom is -0.473 e. The fourth-order valence-electron chi connectivity index (χ4n) is 4.15. The Bertz CT molecular complexity index is 972. The molecule has 1 N–H and O–H groups in total. The van der Waals surface area contributed by atoms with Gasteiger partial charge in [-0.3, -0.25) is 4.57 Å². The molecule has 0 saturated heterocycles. The number of halogens is 2. The van der Waals surface area contributed by atoms with Crippen LogP contribution in [0.15, 0.2) is 36.5 Å². The molecule has 1 aliphatic heterocycles. The zero-order valence-electron chi connectivity index (χ0n) is 15.8. The van der Waals surface area contributed by atoms with Crippen LogP contribution in [0.3, 0.4) is 0 Å². The van der Waals surface area contributed by atoms with E-state index in [1.54, 1.807) is 6.20 Å². The van der Waals surface area contributed by atoms with Crippen molar-refractivity contribution in [2.75, 3.05) is 0 Å². The normalized spacial score (nSPS) is 20.7. The summed E-state index contributed by atoms with van der Waals surface area (Å²) in [6.07, 6.45) is 5.79. The van der Waals surface area contributed by atoms with Crippen LogP contribution in [-0.4, -0.2) is 31.1 Å². The second-order valence-corrected chi connectivity index (χ2v) is 7.78. The first kappa shape index (κ1) is 20.1. The number of benzene rings is 1. The van der Waals surface area contributed by atoms with Gasteiger partial charge in [-0.25, -0.2) is 0 Å². The molecular formula is C20H22Cl2N6O. The molecule has 3 aromatic rings. The van der Waals surface area contributed by atoms with E-state index in [9.17, 15) is 0 Å². The molecule has 3 heterocycles. The Morgan fingerprint density at radius 3 is 2.69 bits per heavy atom. The smallest absolute Gasteiger partial charge is 0.233 e. The Balaban J connectivity index is 0.00000205. The highest BCUT2D eigenvalue weighted by Gasteiger charge is 2.30. The number of rotatable bonds is 3. The van der Waals surface area contributed by atoms with Gasteiger partial charge in [0.05, 0.1) is 12.2 Å². The van der Waals surface area contributed by atoms with Gasteiger partial charge in [0.15, 0.2) is 5.82 Å². The maximum atomic E-state index is 6.21. The van der Waals surface area contributed by atoms with Crippen LogP contribution in [0.25, 0.3) is 5.69 Å². The van der Waals surface area contributed by atoms with Gasteiger partial charge in [-0.2, -0.15) is 5.10 Å². The monoisotopic (exact) mass is 432 g/mol. The van der Waals surface area contributed by atoms with E-state index in [1.807, 2.05) is 24.3 Å². The first-order chi connectivity index (χ1) is 13.8. The van der Waals surface area contributed by atoms with Crippen molar-refractivity contribution in [2.45, 2.75) is 50.8 Å².